The predicted molar refractivity (Wildman–Crippen MR) is 54.6 cm³/mol. The molecule has 74 valence electrons. The van der Waals surface area contributed by atoms with Gasteiger partial charge in [0.25, 0.3) is 0 Å². The minimum absolute atomic E-state index is 0.621. The van der Waals surface area contributed by atoms with Crippen molar-refractivity contribution in [3.8, 4) is 0 Å². The van der Waals surface area contributed by atoms with Gasteiger partial charge in [0.15, 0.2) is 0 Å². The van der Waals surface area contributed by atoms with Crippen LogP contribution >= 0.6 is 0 Å². The smallest absolute Gasteiger partial charge is 0.145 e. The molecular weight excluding hydrogens is 164 g/mol. The number of nitrogens with zero attached hydrogens (tertiary/aromatic N) is 3. The van der Waals surface area contributed by atoms with Crippen molar-refractivity contribution in [2.75, 3.05) is 26.4 Å². The molecule has 0 radical (unpaired) electrons. The Hall–Kier alpha value is -1.03. The summed E-state index contributed by atoms with van der Waals surface area (Å²) >= 11 is 0. The van der Waals surface area contributed by atoms with Crippen molar-refractivity contribution in [3.05, 3.63) is 11.8 Å². The van der Waals surface area contributed by atoms with E-state index < -0.39 is 0 Å². The van der Waals surface area contributed by atoms with Crippen molar-refractivity contribution < 1.29 is 0 Å². The molecule has 0 amide bonds. The summed E-state index contributed by atoms with van der Waals surface area (Å²) < 4.78 is 1.98. The third-order valence-electron chi connectivity index (χ3n) is 2.00. The Morgan fingerprint density at radius 3 is 2.77 bits per heavy atom. The fourth-order valence-electron chi connectivity index (χ4n) is 1.25. The van der Waals surface area contributed by atoms with E-state index in [2.05, 4.69) is 31.0 Å². The molecule has 1 aromatic heterocycles. The molecule has 1 heterocycles. The summed E-state index contributed by atoms with van der Waals surface area (Å²) in [5.41, 5.74) is 6.82. The topological polar surface area (TPSA) is 47.1 Å². The second-order valence-corrected chi connectivity index (χ2v) is 3.44. The maximum atomic E-state index is 5.62. The Morgan fingerprint density at radius 2 is 2.23 bits per heavy atom. The number of hydrogen-bond acceptors (Lipinski definition) is 3. The zero-order chi connectivity index (χ0) is 9.84. The molecular formula is C9H18N4. The lowest BCUT2D eigenvalue weighted by molar-refractivity contribution is 0.370. The highest BCUT2D eigenvalue weighted by Gasteiger charge is 2.03. The van der Waals surface area contributed by atoms with Gasteiger partial charge < -0.3 is 10.6 Å². The van der Waals surface area contributed by atoms with E-state index in [1.165, 1.54) is 5.69 Å². The predicted octanol–water partition coefficient (Wildman–Crippen LogP) is 0.589. The molecule has 4 heteroatoms. The van der Waals surface area contributed by atoms with Crippen LogP contribution in [0.2, 0.25) is 0 Å². The van der Waals surface area contributed by atoms with Crippen molar-refractivity contribution in [1.29, 1.82) is 0 Å². The van der Waals surface area contributed by atoms with Crippen molar-refractivity contribution in [1.82, 2.24) is 14.7 Å². The lowest BCUT2D eigenvalue weighted by Crippen LogP contribution is -2.20. The molecule has 0 atom stereocenters. The highest BCUT2D eigenvalue weighted by molar-refractivity contribution is 5.29. The van der Waals surface area contributed by atoms with Gasteiger partial charge in [-0.05, 0) is 20.5 Å². The molecule has 0 saturated heterocycles. The van der Waals surface area contributed by atoms with E-state index in [1.54, 1.807) is 0 Å². The van der Waals surface area contributed by atoms with E-state index in [1.807, 2.05) is 10.7 Å². The number of aryl methyl sites for hydroxylation is 1. The molecule has 0 spiro atoms. The van der Waals surface area contributed by atoms with E-state index in [9.17, 15) is 0 Å². The van der Waals surface area contributed by atoms with Gasteiger partial charge in [-0.15, -0.1) is 0 Å². The number of hydrogen-bond donors (Lipinski definition) is 1. The minimum Gasteiger partial charge on any atom is -0.382 e. The Kier molecular flexibility index (Phi) is 3.31. The quantitative estimate of drug-likeness (QED) is 0.741. The van der Waals surface area contributed by atoms with Crippen molar-refractivity contribution in [2.24, 2.45) is 0 Å². The molecule has 1 rings (SSSR count). The third-order valence-corrected chi connectivity index (χ3v) is 2.00. The van der Waals surface area contributed by atoms with Gasteiger partial charge in [0.1, 0.15) is 5.82 Å². The van der Waals surface area contributed by atoms with Gasteiger partial charge in [-0.2, -0.15) is 5.10 Å². The van der Waals surface area contributed by atoms with Gasteiger partial charge in [0.05, 0.1) is 6.54 Å². The largest absolute Gasteiger partial charge is 0.382 e. The minimum atomic E-state index is 0.621. The van der Waals surface area contributed by atoms with Gasteiger partial charge in [0, 0.05) is 18.3 Å². The van der Waals surface area contributed by atoms with E-state index in [-0.39, 0.29) is 0 Å². The van der Waals surface area contributed by atoms with Gasteiger partial charge in [0.2, 0.25) is 0 Å². The Labute approximate surface area is 79.3 Å². The first-order chi connectivity index (χ1) is 6.13. The summed E-state index contributed by atoms with van der Waals surface area (Å²) in [5.74, 6) is 0.621. The molecule has 13 heavy (non-hydrogen) atoms. The first-order valence-corrected chi connectivity index (χ1v) is 4.60. The van der Waals surface area contributed by atoms with Gasteiger partial charge in [-0.1, -0.05) is 6.92 Å². The van der Waals surface area contributed by atoms with Crippen LogP contribution in [0.25, 0.3) is 0 Å². The summed E-state index contributed by atoms with van der Waals surface area (Å²) in [6, 6.07) is 1.94. The zero-order valence-electron chi connectivity index (χ0n) is 8.62. The summed E-state index contributed by atoms with van der Waals surface area (Å²) in [6.07, 6.45) is 0.984. The van der Waals surface area contributed by atoms with Crippen LogP contribution in [-0.2, 0) is 13.0 Å². The third kappa shape index (κ3) is 2.73. The normalized spacial score (nSPS) is 11.1. The monoisotopic (exact) mass is 182 g/mol. The molecule has 1 aromatic rings. The molecule has 2 N–H and O–H groups in total. The van der Waals surface area contributed by atoms with Gasteiger partial charge >= 0.3 is 0 Å². The van der Waals surface area contributed by atoms with Crippen LogP contribution in [0.5, 0.6) is 0 Å². The van der Waals surface area contributed by atoms with Crippen molar-refractivity contribution in [2.45, 2.75) is 19.9 Å². The van der Waals surface area contributed by atoms with Crippen LogP contribution < -0.4 is 5.73 Å². The average molecular weight is 182 g/mol. The lowest BCUT2D eigenvalue weighted by Gasteiger charge is -2.10. The Morgan fingerprint density at radius 1 is 1.54 bits per heavy atom. The van der Waals surface area contributed by atoms with E-state index in [0.29, 0.717) is 5.82 Å². The average Bonchev–Trinajstić information content (AvgIpc) is 2.42. The Balaban J connectivity index is 2.64. The molecule has 0 aliphatic carbocycles. The van der Waals surface area contributed by atoms with E-state index in [0.717, 1.165) is 19.5 Å². The molecule has 4 nitrogen and oxygen atoms in total. The van der Waals surface area contributed by atoms with Gasteiger partial charge in [-0.25, -0.2) is 0 Å². The van der Waals surface area contributed by atoms with Crippen LogP contribution in [0.4, 0.5) is 5.82 Å². The van der Waals surface area contributed by atoms with Crippen molar-refractivity contribution >= 4 is 5.82 Å². The summed E-state index contributed by atoms with van der Waals surface area (Å²) in [5, 5.41) is 4.22. The maximum absolute atomic E-state index is 5.62. The first kappa shape index (κ1) is 10.1. The fourth-order valence-corrected chi connectivity index (χ4v) is 1.25. The second kappa shape index (κ2) is 4.28. The first-order valence-electron chi connectivity index (χ1n) is 4.60. The second-order valence-electron chi connectivity index (χ2n) is 3.44. The Bertz CT molecular complexity index is 265. The molecule has 0 unspecified atom stereocenters. The van der Waals surface area contributed by atoms with Crippen LogP contribution in [0.3, 0.4) is 0 Å². The highest BCUT2D eigenvalue weighted by atomic mass is 15.3. The summed E-state index contributed by atoms with van der Waals surface area (Å²) in [7, 11) is 4.11. The maximum Gasteiger partial charge on any atom is 0.145 e. The lowest BCUT2D eigenvalue weighted by atomic mass is 10.3. The molecule has 0 aliphatic heterocycles. The van der Waals surface area contributed by atoms with Crippen molar-refractivity contribution in [3.63, 3.8) is 0 Å². The number of nitrogen functional groups attached to an aromatic ring is 1. The van der Waals surface area contributed by atoms with Crippen LogP contribution in [0.15, 0.2) is 6.07 Å². The zero-order valence-corrected chi connectivity index (χ0v) is 8.62. The number of rotatable bonds is 4. The molecule has 0 aromatic carbocycles. The van der Waals surface area contributed by atoms with E-state index >= 15 is 0 Å². The van der Waals surface area contributed by atoms with Crippen LogP contribution in [0.1, 0.15) is 12.6 Å². The SMILES string of the molecule is CCc1cc(N)nn1CCN(C)C. The number of aromatic nitrogens is 2. The molecule has 0 aliphatic rings. The summed E-state index contributed by atoms with van der Waals surface area (Å²) in [4.78, 5) is 2.14. The molecule has 0 bridgehead atoms. The standard InChI is InChI=1S/C9H18N4/c1-4-8-7-9(10)11-13(8)6-5-12(2)3/h7H,4-6H2,1-3H3,(H2,10,11). The fraction of sp³-hybridized carbons (Fsp3) is 0.667. The number of likely N-dealkylation sites (N-methyl/N-ethyl adjacent to an activating group) is 1. The number of nitrogens with two attached hydrogens (primary N) is 1. The highest BCUT2D eigenvalue weighted by Crippen LogP contribution is 2.06. The van der Waals surface area contributed by atoms with Gasteiger partial charge in [-0.3, -0.25) is 4.68 Å². The van der Waals surface area contributed by atoms with Crippen LogP contribution in [0, 0.1) is 0 Å². The molecule has 0 fully saturated rings. The van der Waals surface area contributed by atoms with E-state index in [4.69, 9.17) is 5.73 Å². The number of anilines is 1. The summed E-state index contributed by atoms with van der Waals surface area (Å²) in [6.45, 7) is 4.02. The van der Waals surface area contributed by atoms with Crippen LogP contribution in [-0.4, -0.2) is 35.3 Å². The molecule has 0 saturated carbocycles.